The molecule has 2 aromatic rings. The van der Waals surface area contributed by atoms with Crippen molar-refractivity contribution >= 4 is 11.6 Å². The fraction of sp³-hybridized carbons (Fsp3) is 0.417. The number of aliphatic carboxylic acids is 1. The molecule has 18 heavy (non-hydrogen) atoms. The van der Waals surface area contributed by atoms with E-state index in [0.717, 1.165) is 5.69 Å². The van der Waals surface area contributed by atoms with Crippen LogP contribution in [0.1, 0.15) is 36.7 Å². The number of hydrogen-bond acceptors (Lipinski definition) is 3. The number of aromatic amines is 1. The van der Waals surface area contributed by atoms with Gasteiger partial charge in [0.1, 0.15) is 0 Å². The van der Waals surface area contributed by atoms with Gasteiger partial charge in [0.05, 0.1) is 12.0 Å². The van der Waals surface area contributed by atoms with Crippen LogP contribution in [-0.4, -0.2) is 25.7 Å². The molecule has 0 atom stereocenters. The van der Waals surface area contributed by atoms with E-state index in [9.17, 15) is 9.59 Å². The highest BCUT2D eigenvalue weighted by molar-refractivity contribution is 5.70. The maximum atomic E-state index is 12.1. The number of aryl methyl sites for hydroxylation is 1. The molecule has 0 bridgehead atoms. The van der Waals surface area contributed by atoms with Crippen LogP contribution in [0.3, 0.4) is 0 Å². The van der Waals surface area contributed by atoms with Crippen molar-refractivity contribution in [2.75, 3.05) is 0 Å². The highest BCUT2D eigenvalue weighted by atomic mass is 16.4. The zero-order valence-electron chi connectivity index (χ0n) is 10.5. The number of nitrogens with zero attached hydrogens (tertiary/aromatic N) is 2. The van der Waals surface area contributed by atoms with Crippen LogP contribution in [0.5, 0.6) is 0 Å². The van der Waals surface area contributed by atoms with Gasteiger partial charge in [-0.3, -0.25) is 14.7 Å². The normalized spacial score (nSPS) is 11.3. The van der Waals surface area contributed by atoms with Gasteiger partial charge in [0.2, 0.25) is 0 Å². The van der Waals surface area contributed by atoms with Crippen LogP contribution in [0.25, 0.3) is 5.65 Å². The Morgan fingerprint density at radius 1 is 1.56 bits per heavy atom. The number of fused-ring (bicyclic) bond motifs is 1. The van der Waals surface area contributed by atoms with Crippen molar-refractivity contribution in [2.24, 2.45) is 0 Å². The molecule has 6 nitrogen and oxygen atoms in total. The fourth-order valence-corrected chi connectivity index (χ4v) is 1.84. The second-order valence-electron chi connectivity index (χ2n) is 4.61. The summed E-state index contributed by atoms with van der Waals surface area (Å²) in [7, 11) is 0. The van der Waals surface area contributed by atoms with Gasteiger partial charge in [-0.1, -0.05) is 13.8 Å². The molecule has 0 radical (unpaired) electrons. The molecule has 0 saturated carbocycles. The van der Waals surface area contributed by atoms with Gasteiger partial charge in [-0.05, 0) is 12.8 Å². The third-order valence-corrected chi connectivity index (χ3v) is 2.88. The Morgan fingerprint density at radius 3 is 2.78 bits per heavy atom. The summed E-state index contributed by atoms with van der Waals surface area (Å²) in [6.07, 6.45) is -0.309. The van der Waals surface area contributed by atoms with Gasteiger partial charge in [-0.2, -0.15) is 0 Å². The van der Waals surface area contributed by atoms with Gasteiger partial charge in [0.15, 0.2) is 5.65 Å². The molecule has 0 aliphatic carbocycles. The van der Waals surface area contributed by atoms with E-state index < -0.39 is 5.97 Å². The lowest BCUT2D eigenvalue weighted by Crippen LogP contribution is -2.24. The molecule has 2 aromatic heterocycles. The van der Waals surface area contributed by atoms with Crippen molar-refractivity contribution in [3.05, 3.63) is 33.4 Å². The Hall–Kier alpha value is -2.11. The molecule has 6 heteroatoms. The Morgan fingerprint density at radius 2 is 2.22 bits per heavy atom. The summed E-state index contributed by atoms with van der Waals surface area (Å²) < 4.78 is 1.31. The van der Waals surface area contributed by atoms with Crippen molar-refractivity contribution in [3.8, 4) is 0 Å². The molecular weight excluding hydrogens is 234 g/mol. The summed E-state index contributed by atoms with van der Waals surface area (Å²) in [5.41, 5.74) is 1.77. The quantitative estimate of drug-likeness (QED) is 0.852. The number of carboxylic acids is 1. The highest BCUT2D eigenvalue weighted by Gasteiger charge is 2.15. The van der Waals surface area contributed by atoms with Crippen LogP contribution >= 0.6 is 0 Å². The van der Waals surface area contributed by atoms with Gasteiger partial charge < -0.3 is 5.11 Å². The van der Waals surface area contributed by atoms with Crippen molar-refractivity contribution in [1.29, 1.82) is 0 Å². The number of hydrogen-bond donors (Lipinski definition) is 2. The number of aromatic nitrogens is 3. The van der Waals surface area contributed by atoms with E-state index in [1.165, 1.54) is 4.52 Å². The smallest absolute Gasteiger partial charge is 0.308 e. The first kappa shape index (κ1) is 12.3. The minimum Gasteiger partial charge on any atom is -0.481 e. The average molecular weight is 249 g/mol. The molecule has 0 saturated heterocycles. The topological polar surface area (TPSA) is 87.5 Å². The van der Waals surface area contributed by atoms with E-state index in [-0.39, 0.29) is 23.5 Å². The van der Waals surface area contributed by atoms with E-state index >= 15 is 0 Å². The summed E-state index contributed by atoms with van der Waals surface area (Å²) in [5.74, 6) is -0.790. The lowest BCUT2D eigenvalue weighted by atomic mass is 10.1. The van der Waals surface area contributed by atoms with Crippen molar-refractivity contribution in [1.82, 2.24) is 14.6 Å². The molecule has 96 valence electrons. The zero-order valence-corrected chi connectivity index (χ0v) is 10.5. The molecule has 0 unspecified atom stereocenters. The molecule has 0 aliphatic heterocycles. The third-order valence-electron chi connectivity index (χ3n) is 2.88. The van der Waals surface area contributed by atoms with Crippen LogP contribution in [0, 0.1) is 6.92 Å². The van der Waals surface area contributed by atoms with E-state index in [1.54, 1.807) is 6.92 Å². The Kier molecular flexibility index (Phi) is 2.94. The number of rotatable bonds is 3. The predicted octanol–water partition coefficient (Wildman–Crippen LogP) is 1.08. The van der Waals surface area contributed by atoms with Gasteiger partial charge >= 0.3 is 5.97 Å². The van der Waals surface area contributed by atoms with Crippen LogP contribution in [-0.2, 0) is 11.2 Å². The first-order valence-corrected chi connectivity index (χ1v) is 5.73. The van der Waals surface area contributed by atoms with Gasteiger partial charge in [0, 0.05) is 17.5 Å². The number of carboxylic acid groups (broad SMARTS) is 1. The van der Waals surface area contributed by atoms with Gasteiger partial charge in [-0.15, -0.1) is 0 Å². The Labute approximate surface area is 103 Å². The Balaban J connectivity index is 2.69. The molecule has 2 rings (SSSR count). The highest BCUT2D eigenvalue weighted by Crippen LogP contribution is 2.14. The SMILES string of the molecule is Cc1nc2cc(C(C)C)[nH]n2c(=O)c1CC(=O)O. The third kappa shape index (κ3) is 2.01. The van der Waals surface area contributed by atoms with Crippen molar-refractivity contribution in [2.45, 2.75) is 33.1 Å². The second-order valence-corrected chi connectivity index (χ2v) is 4.61. The molecule has 0 amide bonds. The fourth-order valence-electron chi connectivity index (χ4n) is 1.84. The molecule has 0 spiro atoms. The largest absolute Gasteiger partial charge is 0.481 e. The maximum absolute atomic E-state index is 12.1. The maximum Gasteiger partial charge on any atom is 0.308 e. The molecule has 0 fully saturated rings. The van der Waals surface area contributed by atoms with E-state index in [4.69, 9.17) is 5.11 Å². The van der Waals surface area contributed by atoms with Crippen LogP contribution in [0.2, 0.25) is 0 Å². The molecular formula is C12H15N3O3. The van der Waals surface area contributed by atoms with Gasteiger partial charge in [-0.25, -0.2) is 9.50 Å². The molecule has 0 aromatic carbocycles. The molecule has 2 heterocycles. The van der Waals surface area contributed by atoms with Crippen molar-refractivity contribution in [3.63, 3.8) is 0 Å². The summed E-state index contributed by atoms with van der Waals surface area (Å²) in [5, 5.41) is 11.7. The summed E-state index contributed by atoms with van der Waals surface area (Å²) in [4.78, 5) is 27.1. The van der Waals surface area contributed by atoms with E-state index in [0.29, 0.717) is 11.3 Å². The first-order valence-electron chi connectivity index (χ1n) is 5.73. The van der Waals surface area contributed by atoms with Crippen molar-refractivity contribution < 1.29 is 9.90 Å². The average Bonchev–Trinajstić information content (AvgIpc) is 2.68. The van der Waals surface area contributed by atoms with Crippen LogP contribution in [0.4, 0.5) is 0 Å². The monoisotopic (exact) mass is 249 g/mol. The molecule has 0 aliphatic rings. The number of carbonyl (C=O) groups is 1. The summed E-state index contributed by atoms with van der Waals surface area (Å²) in [6, 6.07) is 1.81. The first-order chi connectivity index (χ1) is 8.40. The Bertz CT molecular complexity index is 667. The van der Waals surface area contributed by atoms with Gasteiger partial charge in [0.25, 0.3) is 5.56 Å². The summed E-state index contributed by atoms with van der Waals surface area (Å²) >= 11 is 0. The minimum atomic E-state index is -1.03. The predicted molar refractivity (Wildman–Crippen MR) is 66.0 cm³/mol. The zero-order chi connectivity index (χ0) is 13.4. The van der Waals surface area contributed by atoms with Crippen LogP contribution in [0.15, 0.2) is 10.9 Å². The standard InChI is InChI=1S/C12H15N3O3/c1-6(2)9-5-10-13-7(3)8(4-11(16)17)12(18)15(10)14-9/h5-6,14H,4H2,1-3H3,(H,16,17). The minimum absolute atomic E-state index is 0.220. The van der Waals surface area contributed by atoms with Crippen LogP contribution < -0.4 is 5.56 Å². The lowest BCUT2D eigenvalue weighted by molar-refractivity contribution is -0.136. The second kappa shape index (κ2) is 4.29. The number of nitrogens with one attached hydrogen (secondary N) is 1. The van der Waals surface area contributed by atoms with E-state index in [1.807, 2.05) is 19.9 Å². The number of H-pyrrole nitrogens is 1. The van der Waals surface area contributed by atoms with E-state index in [2.05, 4.69) is 10.1 Å². The summed E-state index contributed by atoms with van der Waals surface area (Å²) in [6.45, 7) is 5.66. The molecule has 2 N–H and O–H groups in total. The lowest BCUT2D eigenvalue weighted by Gasteiger charge is -2.02.